The summed E-state index contributed by atoms with van der Waals surface area (Å²) in [7, 11) is -1.57. The van der Waals surface area contributed by atoms with Crippen molar-refractivity contribution in [2.45, 2.75) is 9.79 Å². The van der Waals surface area contributed by atoms with E-state index >= 15 is 0 Å². The van der Waals surface area contributed by atoms with Gasteiger partial charge >= 0.3 is 0 Å². The number of nitrogens with zero attached hydrogens (tertiary/aromatic N) is 1. The fourth-order valence-corrected chi connectivity index (χ4v) is 4.09. The number of sulfonamides is 1. The number of halogens is 1. The zero-order valence-corrected chi connectivity index (χ0v) is 16.2. The summed E-state index contributed by atoms with van der Waals surface area (Å²) in [6, 6.07) is 10.4. The third-order valence-electron chi connectivity index (χ3n) is 3.56. The summed E-state index contributed by atoms with van der Waals surface area (Å²) < 4.78 is 44.7. The van der Waals surface area contributed by atoms with Gasteiger partial charge in [-0.05, 0) is 36.6 Å². The maximum absolute atomic E-state index is 13.5. The number of thioether (sulfide) groups is 1. The van der Waals surface area contributed by atoms with E-state index in [4.69, 9.17) is 4.74 Å². The van der Waals surface area contributed by atoms with E-state index in [1.807, 2.05) is 18.4 Å². The van der Waals surface area contributed by atoms with Crippen LogP contribution in [0.3, 0.4) is 0 Å². The molecule has 1 N–H and O–H groups in total. The average Bonchev–Trinajstić information content (AvgIpc) is 2.61. The summed E-state index contributed by atoms with van der Waals surface area (Å²) in [5.74, 6) is -1.21. The minimum Gasteiger partial charge on any atom is -0.495 e. The lowest BCUT2D eigenvalue weighted by atomic mass is 10.3. The lowest BCUT2D eigenvalue weighted by molar-refractivity contribution is -0.116. The third-order valence-corrected chi connectivity index (χ3v) is 6.18. The molecule has 0 aliphatic heterocycles. The van der Waals surface area contributed by atoms with E-state index in [2.05, 4.69) is 5.32 Å². The molecule has 0 spiro atoms. The Bertz CT molecular complexity index is 903. The Kier molecular flexibility index (Phi) is 6.63. The highest BCUT2D eigenvalue weighted by atomic mass is 32.2. The number of para-hydroxylation sites is 1. The molecule has 0 radical (unpaired) electrons. The minimum atomic E-state index is -4.10. The standard InChI is InChI=1S/C17H19FN2O4S2/c1-20(11-17(21)19-13-6-4-5-7-15(13)25-3)26(22,23)16-10-12(18)8-9-14(16)24-2/h4-10H,11H2,1-3H3,(H,19,21). The van der Waals surface area contributed by atoms with Crippen molar-refractivity contribution in [2.24, 2.45) is 0 Å². The van der Waals surface area contributed by atoms with Crippen LogP contribution in [0.2, 0.25) is 0 Å². The fourth-order valence-electron chi connectivity index (χ4n) is 2.24. The largest absolute Gasteiger partial charge is 0.495 e. The van der Waals surface area contributed by atoms with Crippen molar-refractivity contribution in [3.63, 3.8) is 0 Å². The van der Waals surface area contributed by atoms with Crippen LogP contribution in [0, 0.1) is 5.82 Å². The summed E-state index contributed by atoms with van der Waals surface area (Å²) in [6.45, 7) is -0.426. The highest BCUT2D eigenvalue weighted by molar-refractivity contribution is 7.98. The zero-order valence-electron chi connectivity index (χ0n) is 14.5. The summed E-state index contributed by atoms with van der Waals surface area (Å²) in [6.07, 6.45) is 1.87. The molecule has 0 saturated carbocycles. The highest BCUT2D eigenvalue weighted by Gasteiger charge is 2.27. The molecule has 9 heteroatoms. The number of amides is 1. The molecule has 0 aromatic heterocycles. The molecule has 140 valence electrons. The lowest BCUT2D eigenvalue weighted by Gasteiger charge is -2.19. The van der Waals surface area contributed by atoms with Gasteiger partial charge < -0.3 is 10.1 Å². The van der Waals surface area contributed by atoms with E-state index in [-0.39, 0.29) is 10.6 Å². The van der Waals surface area contributed by atoms with E-state index in [0.29, 0.717) is 5.69 Å². The molecule has 0 heterocycles. The highest BCUT2D eigenvalue weighted by Crippen LogP contribution is 2.27. The Morgan fingerprint density at radius 2 is 1.96 bits per heavy atom. The first-order valence-corrected chi connectivity index (χ1v) is 10.2. The van der Waals surface area contributed by atoms with Gasteiger partial charge in [-0.3, -0.25) is 4.79 Å². The van der Waals surface area contributed by atoms with Crippen molar-refractivity contribution in [3.8, 4) is 5.75 Å². The quantitative estimate of drug-likeness (QED) is 0.726. The summed E-state index contributed by atoms with van der Waals surface area (Å²) >= 11 is 1.46. The van der Waals surface area contributed by atoms with Gasteiger partial charge in [-0.15, -0.1) is 11.8 Å². The van der Waals surface area contributed by atoms with Crippen molar-refractivity contribution >= 4 is 33.4 Å². The SMILES string of the molecule is COc1ccc(F)cc1S(=O)(=O)N(C)CC(=O)Nc1ccccc1SC. The van der Waals surface area contributed by atoms with Crippen LogP contribution in [0.5, 0.6) is 5.75 Å². The van der Waals surface area contributed by atoms with Gasteiger partial charge in [-0.1, -0.05) is 12.1 Å². The molecule has 0 atom stereocenters. The van der Waals surface area contributed by atoms with Crippen LogP contribution in [-0.2, 0) is 14.8 Å². The van der Waals surface area contributed by atoms with Crippen LogP contribution in [0.1, 0.15) is 0 Å². The Morgan fingerprint density at radius 1 is 1.27 bits per heavy atom. The van der Waals surface area contributed by atoms with Crippen molar-refractivity contribution in [1.29, 1.82) is 0 Å². The number of hydrogen-bond donors (Lipinski definition) is 1. The molecule has 6 nitrogen and oxygen atoms in total. The number of hydrogen-bond acceptors (Lipinski definition) is 5. The molecule has 0 fully saturated rings. The number of nitrogens with one attached hydrogen (secondary N) is 1. The van der Waals surface area contributed by atoms with E-state index in [1.165, 1.54) is 32.0 Å². The summed E-state index contributed by atoms with van der Waals surface area (Å²) in [5, 5.41) is 2.68. The number of carbonyl (C=O) groups excluding carboxylic acids is 1. The Labute approximate surface area is 156 Å². The second kappa shape index (κ2) is 8.52. The van der Waals surface area contributed by atoms with Gasteiger partial charge in [0.2, 0.25) is 15.9 Å². The molecule has 26 heavy (non-hydrogen) atoms. The molecule has 1 amide bonds. The van der Waals surface area contributed by atoms with Gasteiger partial charge in [0.1, 0.15) is 16.5 Å². The fraction of sp³-hybridized carbons (Fsp3) is 0.235. The smallest absolute Gasteiger partial charge is 0.247 e. The Balaban J connectivity index is 2.19. The van der Waals surface area contributed by atoms with Gasteiger partial charge in [-0.2, -0.15) is 4.31 Å². The first kappa shape index (κ1) is 20.2. The first-order valence-electron chi connectivity index (χ1n) is 7.52. The van der Waals surface area contributed by atoms with E-state index in [9.17, 15) is 17.6 Å². The predicted molar refractivity (Wildman–Crippen MR) is 99.6 cm³/mol. The van der Waals surface area contributed by atoms with Gasteiger partial charge in [0.05, 0.1) is 19.3 Å². The maximum atomic E-state index is 13.5. The minimum absolute atomic E-state index is 0.00591. The maximum Gasteiger partial charge on any atom is 0.247 e. The topological polar surface area (TPSA) is 75.7 Å². The van der Waals surface area contributed by atoms with Crippen molar-refractivity contribution < 1.29 is 22.3 Å². The van der Waals surface area contributed by atoms with Crippen LogP contribution >= 0.6 is 11.8 Å². The molecule has 0 unspecified atom stereocenters. The Morgan fingerprint density at radius 3 is 2.62 bits per heavy atom. The molecule has 0 aliphatic rings. The lowest BCUT2D eigenvalue weighted by Crippen LogP contribution is -2.35. The molecule has 0 bridgehead atoms. The van der Waals surface area contributed by atoms with Crippen molar-refractivity contribution in [3.05, 3.63) is 48.3 Å². The summed E-state index contributed by atoms with van der Waals surface area (Å²) in [5.41, 5.74) is 0.596. The number of carbonyl (C=O) groups is 1. The number of ether oxygens (including phenoxy) is 1. The van der Waals surface area contributed by atoms with Gasteiger partial charge in [0.25, 0.3) is 0 Å². The van der Waals surface area contributed by atoms with Crippen LogP contribution in [0.15, 0.2) is 52.3 Å². The molecule has 2 aromatic rings. The van der Waals surface area contributed by atoms with Crippen molar-refractivity contribution in [2.75, 3.05) is 32.3 Å². The van der Waals surface area contributed by atoms with Crippen LogP contribution in [0.25, 0.3) is 0 Å². The first-order chi connectivity index (χ1) is 12.3. The number of rotatable bonds is 7. The molecular formula is C17H19FN2O4S2. The van der Waals surface area contributed by atoms with E-state index < -0.39 is 28.3 Å². The summed E-state index contributed by atoms with van der Waals surface area (Å²) in [4.78, 5) is 12.8. The molecular weight excluding hydrogens is 379 g/mol. The average molecular weight is 398 g/mol. The van der Waals surface area contributed by atoms with Gasteiger partial charge in [0, 0.05) is 11.9 Å². The Hall–Kier alpha value is -2.10. The van der Waals surface area contributed by atoms with Gasteiger partial charge in [0.15, 0.2) is 0 Å². The van der Waals surface area contributed by atoms with E-state index in [0.717, 1.165) is 21.3 Å². The monoisotopic (exact) mass is 398 g/mol. The molecule has 2 aromatic carbocycles. The second-order valence-electron chi connectivity index (χ2n) is 5.30. The molecule has 0 saturated heterocycles. The molecule has 2 rings (SSSR count). The normalized spacial score (nSPS) is 11.4. The van der Waals surface area contributed by atoms with Gasteiger partial charge in [-0.25, -0.2) is 12.8 Å². The van der Waals surface area contributed by atoms with Crippen molar-refractivity contribution in [1.82, 2.24) is 4.31 Å². The van der Waals surface area contributed by atoms with Crippen LogP contribution in [-0.4, -0.2) is 45.6 Å². The van der Waals surface area contributed by atoms with Crippen LogP contribution in [0.4, 0.5) is 10.1 Å². The third kappa shape index (κ3) is 4.54. The van der Waals surface area contributed by atoms with E-state index in [1.54, 1.807) is 12.1 Å². The second-order valence-corrected chi connectivity index (χ2v) is 8.17. The zero-order chi connectivity index (χ0) is 19.3. The number of likely N-dealkylation sites (N-methyl/N-ethyl adjacent to an activating group) is 1. The number of benzene rings is 2. The van der Waals surface area contributed by atoms with Crippen LogP contribution < -0.4 is 10.1 Å². The molecule has 0 aliphatic carbocycles. The predicted octanol–water partition coefficient (Wildman–Crippen LogP) is 2.82. The number of anilines is 1. The number of methoxy groups -OCH3 is 1.